The predicted molar refractivity (Wildman–Crippen MR) is 92.1 cm³/mol. The molecule has 0 fully saturated rings. The third-order valence-electron chi connectivity index (χ3n) is 2.69. The molecule has 0 rings (SSSR count). The van der Waals surface area contributed by atoms with Crippen LogP contribution in [0.1, 0.15) is 91.0 Å². The molecule has 0 bridgehead atoms. The fourth-order valence-electron chi connectivity index (χ4n) is 0.590. The molecule has 0 aliphatic rings. The molecule has 0 aromatic carbocycles. The molecule has 0 saturated carbocycles. The van der Waals surface area contributed by atoms with E-state index >= 15 is 0 Å². The van der Waals surface area contributed by atoms with Crippen LogP contribution in [0.4, 0.5) is 0 Å². The van der Waals surface area contributed by atoms with Gasteiger partial charge in [-0.2, -0.15) is 0 Å². The Kier molecular flexibility index (Phi) is 38.0. The summed E-state index contributed by atoms with van der Waals surface area (Å²) in [4.78, 5) is 2.35. The number of hydrogen-bond donors (Lipinski definition) is 0. The first-order valence-electron chi connectivity index (χ1n) is 5.85. The molecule has 19 heavy (non-hydrogen) atoms. The van der Waals surface area contributed by atoms with Gasteiger partial charge in [0.15, 0.2) is 0 Å². The summed E-state index contributed by atoms with van der Waals surface area (Å²) in [6.07, 6.45) is 2.70. The van der Waals surface area contributed by atoms with Gasteiger partial charge in [-0.25, -0.2) is 0 Å². The molecule has 0 saturated heterocycles. The first kappa shape index (κ1) is 37.1. The van der Waals surface area contributed by atoms with E-state index in [1.165, 1.54) is 17.3 Å². The van der Waals surface area contributed by atoms with E-state index in [1.807, 2.05) is 0 Å². The number of rotatable bonds is 5. The van der Waals surface area contributed by atoms with Crippen molar-refractivity contribution in [2.24, 2.45) is 0 Å². The topological polar surface area (TPSA) is 0 Å². The van der Waals surface area contributed by atoms with Crippen molar-refractivity contribution in [2.75, 3.05) is 9.36 Å². The molecule has 2 heteroatoms. The standard InChI is InChI=1S/C7H16I.C6H14I.4CH4/c1-5-7(3,4)8-6-2;1-5-6(2,3)7-4;;;;/h5-6H2,1-4H3;5H2,1-4H3;4*1H4/q2*-1;;;;. The Balaban J connectivity index is -0.0000000369. The molecule has 0 unspecified atom stereocenters. The molecule has 0 atom stereocenters. The van der Waals surface area contributed by atoms with Gasteiger partial charge in [-0.15, -0.1) is 0 Å². The summed E-state index contributed by atoms with van der Waals surface area (Å²) in [5, 5.41) is 0. The van der Waals surface area contributed by atoms with Crippen LogP contribution in [-0.2, 0) is 0 Å². The van der Waals surface area contributed by atoms with E-state index in [4.69, 9.17) is 0 Å². The van der Waals surface area contributed by atoms with Crippen LogP contribution < -0.4 is 42.4 Å². The van der Waals surface area contributed by atoms with Crippen molar-refractivity contribution in [3.05, 3.63) is 0 Å². The maximum absolute atomic E-state index is 2.38. The van der Waals surface area contributed by atoms with E-state index in [9.17, 15) is 0 Å². The number of halogens is 2. The molecule has 0 aliphatic heterocycles. The van der Waals surface area contributed by atoms with E-state index in [-0.39, 0.29) is 29.7 Å². The van der Waals surface area contributed by atoms with E-state index in [1.54, 1.807) is 0 Å². The summed E-state index contributed by atoms with van der Waals surface area (Å²) in [5.41, 5.74) is 0. The van der Waals surface area contributed by atoms with Gasteiger partial charge in [-0.05, 0) is 0 Å². The SMILES string of the molecule is C.C.C.C.CCC(C)(C)[I-]C.CC[I-]C(C)(C)CC. The van der Waals surface area contributed by atoms with Gasteiger partial charge in [0.1, 0.15) is 0 Å². The summed E-state index contributed by atoms with van der Waals surface area (Å²) in [7, 11) is 0. The van der Waals surface area contributed by atoms with Crippen molar-refractivity contribution in [1.82, 2.24) is 0 Å². The average molecular weight is 504 g/mol. The molecule has 0 spiro atoms. The van der Waals surface area contributed by atoms with Crippen molar-refractivity contribution in [3.8, 4) is 0 Å². The fourth-order valence-corrected chi connectivity index (χ4v) is 3.96. The molecule has 0 heterocycles. The Bertz CT molecular complexity index is 134. The molecular weight excluding hydrogens is 458 g/mol. The van der Waals surface area contributed by atoms with Crippen LogP contribution in [0.25, 0.3) is 0 Å². The van der Waals surface area contributed by atoms with Gasteiger partial charge in [-0.1, -0.05) is 29.7 Å². The quantitative estimate of drug-likeness (QED) is 0.383. The molecule has 0 nitrogen and oxygen atoms in total. The summed E-state index contributed by atoms with van der Waals surface area (Å²) >= 11 is 0.943. The molecule has 130 valence electrons. The van der Waals surface area contributed by atoms with E-state index in [2.05, 4.69) is 53.4 Å². The summed E-state index contributed by atoms with van der Waals surface area (Å²) < 4.78 is 2.83. The van der Waals surface area contributed by atoms with Crippen molar-refractivity contribution in [1.29, 1.82) is 0 Å². The monoisotopic (exact) mass is 504 g/mol. The minimum absolute atomic E-state index is 0. The molecule has 0 aromatic heterocycles. The summed E-state index contributed by atoms with van der Waals surface area (Å²) in [6.45, 7) is 16.3. The summed E-state index contributed by atoms with van der Waals surface area (Å²) in [6, 6.07) is 0. The van der Waals surface area contributed by atoms with Crippen LogP contribution in [0.5, 0.6) is 0 Å². The second kappa shape index (κ2) is 19.5. The zero-order valence-electron chi connectivity index (χ0n) is 11.9. The van der Waals surface area contributed by atoms with Crippen LogP contribution in [0.3, 0.4) is 0 Å². The maximum atomic E-state index is 2.38. The molecular formula is C17H46I2-2. The van der Waals surface area contributed by atoms with Gasteiger partial charge in [0.25, 0.3) is 0 Å². The summed E-state index contributed by atoms with van der Waals surface area (Å²) in [5.74, 6) is 0. The van der Waals surface area contributed by atoms with Crippen LogP contribution in [0.15, 0.2) is 0 Å². The molecule has 0 N–H and O–H groups in total. The Morgan fingerprint density at radius 2 is 1.00 bits per heavy atom. The predicted octanol–water partition coefficient (Wildman–Crippen LogP) is 0.722. The van der Waals surface area contributed by atoms with Gasteiger partial charge in [0.05, 0.1) is 0 Å². The van der Waals surface area contributed by atoms with Gasteiger partial charge < -0.3 is 0 Å². The first-order valence-corrected chi connectivity index (χ1v) is 11.7. The molecule has 0 amide bonds. The second-order valence-corrected chi connectivity index (χ2v) is 13.9. The molecule has 0 aromatic rings. The Labute approximate surface area is 148 Å². The molecule has 0 aliphatic carbocycles. The van der Waals surface area contributed by atoms with Gasteiger partial charge in [0.2, 0.25) is 0 Å². The molecule has 0 radical (unpaired) electrons. The van der Waals surface area contributed by atoms with E-state index in [0.29, 0.717) is 49.3 Å². The zero-order valence-corrected chi connectivity index (χ0v) is 16.2. The van der Waals surface area contributed by atoms with Crippen LogP contribution in [0.2, 0.25) is 0 Å². The van der Waals surface area contributed by atoms with Crippen LogP contribution in [-0.4, -0.2) is 16.2 Å². The van der Waals surface area contributed by atoms with E-state index < -0.39 is 0 Å². The third-order valence-corrected chi connectivity index (χ3v) is 9.96. The van der Waals surface area contributed by atoms with Gasteiger partial charge in [-0.3, -0.25) is 0 Å². The Hall–Kier alpha value is 1.46. The number of alkyl halides is 4. The second-order valence-electron chi connectivity index (χ2n) is 4.73. The van der Waals surface area contributed by atoms with Gasteiger partial charge in [0, 0.05) is 0 Å². The fraction of sp³-hybridized carbons (Fsp3) is 1.00. The van der Waals surface area contributed by atoms with Crippen LogP contribution >= 0.6 is 0 Å². The zero-order chi connectivity index (χ0) is 12.5. The number of hydrogen-bond acceptors (Lipinski definition) is 0. The van der Waals surface area contributed by atoms with Crippen molar-refractivity contribution in [2.45, 2.75) is 97.9 Å². The van der Waals surface area contributed by atoms with E-state index in [0.717, 1.165) is 0 Å². The Morgan fingerprint density at radius 1 is 0.684 bits per heavy atom. The van der Waals surface area contributed by atoms with Crippen molar-refractivity contribution >= 4 is 0 Å². The minimum atomic E-state index is 0. The van der Waals surface area contributed by atoms with Crippen molar-refractivity contribution in [3.63, 3.8) is 0 Å². The van der Waals surface area contributed by atoms with Crippen LogP contribution in [0, 0.1) is 0 Å². The first-order chi connectivity index (χ1) is 6.74. The van der Waals surface area contributed by atoms with Gasteiger partial charge >= 0.3 is 120 Å². The average Bonchev–Trinajstić information content (AvgIpc) is 2.19. The normalized spacial score (nSPS) is 9.89. The van der Waals surface area contributed by atoms with Crippen molar-refractivity contribution < 1.29 is 42.4 Å². The Morgan fingerprint density at radius 3 is 1.05 bits per heavy atom. The third kappa shape index (κ3) is 28.4.